The second-order valence-electron chi connectivity index (χ2n) is 4.47. The van der Waals surface area contributed by atoms with Crippen molar-refractivity contribution in [3.63, 3.8) is 0 Å². The highest BCUT2D eigenvalue weighted by Crippen LogP contribution is 2.33. The highest BCUT2D eigenvalue weighted by Gasteiger charge is 2.35. The molecule has 2 N–H and O–H groups in total. The Hall–Kier alpha value is -2.24. The molecular formula is C13H16N2O4. The van der Waals surface area contributed by atoms with E-state index >= 15 is 0 Å². The number of carbonyl (C=O) groups is 2. The molecule has 1 heterocycles. The molecule has 0 saturated heterocycles. The van der Waals surface area contributed by atoms with Crippen LogP contribution in [0.3, 0.4) is 0 Å². The third kappa shape index (κ3) is 2.78. The van der Waals surface area contributed by atoms with Crippen LogP contribution in [0.4, 0.5) is 0 Å². The lowest BCUT2D eigenvalue weighted by Crippen LogP contribution is -2.51. The third-order valence-corrected chi connectivity index (χ3v) is 2.85. The van der Waals surface area contributed by atoms with E-state index in [0.29, 0.717) is 11.5 Å². The van der Waals surface area contributed by atoms with E-state index in [9.17, 15) is 9.59 Å². The molecule has 2 amide bonds. The van der Waals surface area contributed by atoms with Crippen molar-refractivity contribution < 1.29 is 19.1 Å². The van der Waals surface area contributed by atoms with Gasteiger partial charge in [0, 0.05) is 7.05 Å². The van der Waals surface area contributed by atoms with Gasteiger partial charge in [-0.05, 0) is 19.1 Å². The predicted molar refractivity (Wildman–Crippen MR) is 67.8 cm³/mol. The van der Waals surface area contributed by atoms with Crippen LogP contribution in [0.5, 0.6) is 11.5 Å². The van der Waals surface area contributed by atoms with E-state index in [1.807, 2.05) is 6.07 Å². The van der Waals surface area contributed by atoms with Gasteiger partial charge >= 0.3 is 0 Å². The summed E-state index contributed by atoms with van der Waals surface area (Å²) in [6.07, 6.45) is -1.21. The maximum atomic E-state index is 12.2. The highest BCUT2D eigenvalue weighted by atomic mass is 16.6. The molecule has 19 heavy (non-hydrogen) atoms. The molecule has 0 fully saturated rings. The molecule has 0 spiro atoms. The summed E-state index contributed by atoms with van der Waals surface area (Å²) < 4.78 is 11.3. The van der Waals surface area contributed by atoms with Crippen LogP contribution in [0.2, 0.25) is 0 Å². The van der Waals surface area contributed by atoms with Gasteiger partial charge in [-0.2, -0.15) is 0 Å². The minimum atomic E-state index is -0.778. The smallest absolute Gasteiger partial charge is 0.267 e. The fourth-order valence-corrected chi connectivity index (χ4v) is 1.92. The number of primary amides is 1. The summed E-state index contributed by atoms with van der Waals surface area (Å²) in [7, 11) is 1.50. The van der Waals surface area contributed by atoms with Gasteiger partial charge in [-0.1, -0.05) is 12.1 Å². The van der Waals surface area contributed by atoms with Gasteiger partial charge in [0.25, 0.3) is 5.91 Å². The average molecular weight is 264 g/mol. The largest absolute Gasteiger partial charge is 0.482 e. The first-order valence-corrected chi connectivity index (χ1v) is 5.94. The maximum Gasteiger partial charge on any atom is 0.267 e. The van der Waals surface area contributed by atoms with Crippen LogP contribution in [0.25, 0.3) is 0 Å². The van der Waals surface area contributed by atoms with Gasteiger partial charge in [0.2, 0.25) is 12.0 Å². The van der Waals surface area contributed by atoms with E-state index in [1.54, 1.807) is 25.1 Å². The van der Waals surface area contributed by atoms with Gasteiger partial charge in [0.05, 0.1) is 6.54 Å². The maximum absolute atomic E-state index is 12.2. The summed E-state index contributed by atoms with van der Waals surface area (Å²) in [6, 6.07) is 7.14. The Bertz CT molecular complexity index is 503. The second-order valence-corrected chi connectivity index (χ2v) is 4.47. The van der Waals surface area contributed by atoms with Crippen LogP contribution in [-0.4, -0.2) is 42.5 Å². The molecule has 6 heteroatoms. The third-order valence-electron chi connectivity index (χ3n) is 2.85. The number of nitrogens with zero attached hydrogens (tertiary/aromatic N) is 1. The minimum Gasteiger partial charge on any atom is -0.482 e. The summed E-state index contributed by atoms with van der Waals surface area (Å²) in [6.45, 7) is 1.60. The second kappa shape index (κ2) is 5.17. The van der Waals surface area contributed by atoms with E-state index in [0.717, 1.165) is 0 Å². The molecule has 102 valence electrons. The standard InChI is InChI=1S/C13H16N2O4/c1-8-12(13(17)15(2)7-11(14)16)19-10-6-4-3-5-9(10)18-8/h3-6,8,12H,7H2,1-2H3,(H2,14,16)/t8-,12+/m1/s1. The number of fused-ring (bicyclic) bond motifs is 1. The highest BCUT2D eigenvalue weighted by molar-refractivity contribution is 5.87. The van der Waals surface area contributed by atoms with Crippen LogP contribution in [0.15, 0.2) is 24.3 Å². The molecule has 2 rings (SSSR count). The van der Waals surface area contributed by atoms with Crippen LogP contribution in [0, 0.1) is 0 Å². The Labute approximate surface area is 111 Å². The number of rotatable bonds is 3. The molecule has 0 aromatic heterocycles. The molecule has 1 aliphatic heterocycles. The molecule has 1 aromatic rings. The Kier molecular flexibility index (Phi) is 3.59. The monoisotopic (exact) mass is 264 g/mol. The molecule has 0 aliphatic carbocycles. The van der Waals surface area contributed by atoms with Crippen molar-refractivity contribution in [2.24, 2.45) is 5.73 Å². The topological polar surface area (TPSA) is 81.9 Å². The molecular weight excluding hydrogens is 248 g/mol. The number of hydrogen-bond acceptors (Lipinski definition) is 4. The lowest BCUT2D eigenvalue weighted by Gasteiger charge is -2.33. The SMILES string of the molecule is C[C@H]1Oc2ccccc2O[C@@H]1C(=O)N(C)CC(N)=O. The summed E-state index contributed by atoms with van der Waals surface area (Å²) in [5.74, 6) is 0.226. The molecule has 1 aromatic carbocycles. The van der Waals surface area contributed by atoms with Crippen molar-refractivity contribution in [2.75, 3.05) is 13.6 Å². The summed E-state index contributed by atoms with van der Waals surface area (Å²) in [5, 5.41) is 0. The Morgan fingerprint density at radius 3 is 2.42 bits per heavy atom. The summed E-state index contributed by atoms with van der Waals surface area (Å²) in [5.41, 5.74) is 5.07. The first-order valence-electron chi connectivity index (χ1n) is 5.94. The van der Waals surface area contributed by atoms with Crippen molar-refractivity contribution in [1.82, 2.24) is 4.90 Å². The van der Waals surface area contributed by atoms with Gasteiger partial charge in [0.15, 0.2) is 11.5 Å². The Balaban J connectivity index is 2.14. The zero-order valence-corrected chi connectivity index (χ0v) is 10.8. The van der Waals surface area contributed by atoms with Crippen molar-refractivity contribution in [3.8, 4) is 11.5 Å². The van der Waals surface area contributed by atoms with Crippen LogP contribution >= 0.6 is 0 Å². The molecule has 0 saturated carbocycles. The van der Waals surface area contributed by atoms with Crippen LogP contribution < -0.4 is 15.2 Å². The van der Waals surface area contributed by atoms with Gasteiger partial charge < -0.3 is 20.1 Å². The molecule has 0 unspecified atom stereocenters. The van der Waals surface area contributed by atoms with Gasteiger partial charge in [-0.25, -0.2) is 0 Å². The quantitative estimate of drug-likeness (QED) is 0.843. The fraction of sp³-hybridized carbons (Fsp3) is 0.385. The lowest BCUT2D eigenvalue weighted by molar-refractivity contribution is -0.145. The molecule has 0 radical (unpaired) electrons. The number of ether oxygens (including phenoxy) is 2. The molecule has 0 bridgehead atoms. The zero-order chi connectivity index (χ0) is 14.0. The van der Waals surface area contributed by atoms with Gasteiger partial charge in [0.1, 0.15) is 6.10 Å². The number of hydrogen-bond donors (Lipinski definition) is 1. The first kappa shape index (κ1) is 13.2. The Morgan fingerprint density at radius 2 is 1.84 bits per heavy atom. The van der Waals surface area contributed by atoms with E-state index in [4.69, 9.17) is 15.2 Å². The molecule has 6 nitrogen and oxygen atoms in total. The minimum absolute atomic E-state index is 0.146. The number of amides is 2. The van der Waals surface area contributed by atoms with Gasteiger partial charge in [-0.15, -0.1) is 0 Å². The first-order chi connectivity index (χ1) is 8.99. The Morgan fingerprint density at radius 1 is 1.26 bits per heavy atom. The molecule has 1 aliphatic rings. The number of benzene rings is 1. The van der Waals surface area contributed by atoms with Crippen molar-refractivity contribution in [2.45, 2.75) is 19.1 Å². The van der Waals surface area contributed by atoms with Gasteiger partial charge in [-0.3, -0.25) is 9.59 Å². The van der Waals surface area contributed by atoms with Crippen molar-refractivity contribution in [3.05, 3.63) is 24.3 Å². The predicted octanol–water partition coefficient (Wildman–Crippen LogP) is 0.159. The number of para-hydroxylation sites is 2. The number of nitrogens with two attached hydrogens (primary N) is 1. The number of likely N-dealkylation sites (N-methyl/N-ethyl adjacent to an activating group) is 1. The van der Waals surface area contributed by atoms with Crippen LogP contribution in [-0.2, 0) is 9.59 Å². The van der Waals surface area contributed by atoms with E-state index in [2.05, 4.69) is 0 Å². The molecule has 2 atom stereocenters. The lowest BCUT2D eigenvalue weighted by atomic mass is 10.1. The van der Waals surface area contributed by atoms with E-state index in [1.165, 1.54) is 11.9 Å². The van der Waals surface area contributed by atoms with E-state index < -0.39 is 18.1 Å². The van der Waals surface area contributed by atoms with Crippen molar-refractivity contribution >= 4 is 11.8 Å². The number of carbonyl (C=O) groups excluding carboxylic acids is 2. The summed E-state index contributed by atoms with van der Waals surface area (Å²) in [4.78, 5) is 24.2. The summed E-state index contributed by atoms with van der Waals surface area (Å²) >= 11 is 0. The average Bonchev–Trinajstić information content (AvgIpc) is 2.36. The van der Waals surface area contributed by atoms with Crippen molar-refractivity contribution in [1.29, 1.82) is 0 Å². The van der Waals surface area contributed by atoms with E-state index in [-0.39, 0.29) is 12.5 Å². The normalized spacial score (nSPS) is 20.7. The van der Waals surface area contributed by atoms with Crippen LogP contribution in [0.1, 0.15) is 6.92 Å². The zero-order valence-electron chi connectivity index (χ0n) is 10.8. The fourth-order valence-electron chi connectivity index (χ4n) is 1.92.